The fourth-order valence-corrected chi connectivity index (χ4v) is 8.31. The van der Waals surface area contributed by atoms with Crippen LogP contribution in [0, 0.1) is 0 Å². The molecule has 0 saturated heterocycles. The highest BCUT2D eigenvalue weighted by atomic mass is 32.3. The van der Waals surface area contributed by atoms with Gasteiger partial charge in [-0.3, -0.25) is 4.79 Å². The van der Waals surface area contributed by atoms with E-state index in [1.165, 1.54) is 49.4 Å². The van der Waals surface area contributed by atoms with Gasteiger partial charge in [-0.2, -0.15) is 13.2 Å². The number of thioether (sulfide) groups is 1. The van der Waals surface area contributed by atoms with Gasteiger partial charge in [0.25, 0.3) is 0 Å². The summed E-state index contributed by atoms with van der Waals surface area (Å²) >= 11 is 0.739. The highest BCUT2D eigenvalue weighted by Gasteiger charge is 2.39. The Morgan fingerprint density at radius 2 is 1.59 bits per heavy atom. The van der Waals surface area contributed by atoms with Gasteiger partial charge < -0.3 is 5.32 Å². The van der Waals surface area contributed by atoms with Gasteiger partial charge in [-0.05, 0) is 43.2 Å². The van der Waals surface area contributed by atoms with Crippen LogP contribution >= 0.6 is 11.8 Å². The van der Waals surface area contributed by atoms with E-state index in [0.29, 0.717) is 0 Å². The SMILES string of the molecule is C[C@H](NC(=O)C(F)(F)F)c1ccc(S(=O)(=O)C2CC=C(S(=O)(=O)c3ccccc3)S2)cc1. The third-order valence-electron chi connectivity index (χ3n) is 4.70. The van der Waals surface area contributed by atoms with Gasteiger partial charge in [0.05, 0.1) is 15.8 Å². The quantitative estimate of drug-likeness (QED) is 0.638. The Bertz CT molecular complexity index is 1240. The molecule has 1 aliphatic heterocycles. The predicted molar refractivity (Wildman–Crippen MR) is 114 cm³/mol. The van der Waals surface area contributed by atoms with E-state index in [2.05, 4.69) is 0 Å². The number of amides is 1. The van der Waals surface area contributed by atoms with Crippen molar-refractivity contribution in [2.24, 2.45) is 0 Å². The number of carbonyl (C=O) groups is 1. The van der Waals surface area contributed by atoms with Gasteiger partial charge in [0.1, 0.15) is 8.82 Å². The maximum Gasteiger partial charge on any atom is 0.471 e. The van der Waals surface area contributed by atoms with Crippen LogP contribution in [0.15, 0.2) is 74.7 Å². The lowest BCUT2D eigenvalue weighted by molar-refractivity contribution is -0.174. The van der Waals surface area contributed by atoms with Crippen molar-refractivity contribution in [2.45, 2.75) is 39.9 Å². The van der Waals surface area contributed by atoms with Crippen LogP contribution < -0.4 is 5.32 Å². The molecule has 2 aromatic rings. The van der Waals surface area contributed by atoms with E-state index in [-0.39, 0.29) is 26.0 Å². The number of hydrogen-bond donors (Lipinski definition) is 1. The van der Waals surface area contributed by atoms with E-state index in [1.54, 1.807) is 23.5 Å². The molecule has 172 valence electrons. The second-order valence-electron chi connectivity index (χ2n) is 6.93. The van der Waals surface area contributed by atoms with E-state index in [1.807, 2.05) is 0 Å². The third kappa shape index (κ3) is 5.02. The van der Waals surface area contributed by atoms with E-state index < -0.39 is 42.4 Å². The molecule has 0 bridgehead atoms. The number of nitrogens with one attached hydrogen (secondary N) is 1. The minimum Gasteiger partial charge on any atom is -0.342 e. The molecule has 12 heteroatoms. The van der Waals surface area contributed by atoms with Gasteiger partial charge in [-0.15, -0.1) is 0 Å². The smallest absolute Gasteiger partial charge is 0.342 e. The molecule has 2 aromatic carbocycles. The molecule has 0 spiro atoms. The number of allylic oxidation sites excluding steroid dienone is 1. The Hall–Kier alpha value is -2.31. The highest BCUT2D eigenvalue weighted by Crippen LogP contribution is 2.43. The van der Waals surface area contributed by atoms with Gasteiger partial charge in [-0.25, -0.2) is 16.8 Å². The van der Waals surface area contributed by atoms with Crippen molar-refractivity contribution in [1.82, 2.24) is 5.32 Å². The number of hydrogen-bond acceptors (Lipinski definition) is 6. The molecule has 0 saturated carbocycles. The summed E-state index contributed by atoms with van der Waals surface area (Å²) in [6, 6.07) is 11.7. The number of sulfone groups is 2. The molecular formula is C20H18F3NO5S3. The summed E-state index contributed by atoms with van der Waals surface area (Å²) in [5.41, 5.74) is 0.283. The minimum absolute atomic E-state index is 0.00576. The molecule has 0 radical (unpaired) electrons. The number of rotatable bonds is 6. The van der Waals surface area contributed by atoms with E-state index in [9.17, 15) is 34.8 Å². The van der Waals surface area contributed by atoms with Crippen molar-refractivity contribution < 1.29 is 34.8 Å². The molecule has 6 nitrogen and oxygen atoms in total. The monoisotopic (exact) mass is 505 g/mol. The van der Waals surface area contributed by atoms with Crippen LogP contribution in [0.1, 0.15) is 24.9 Å². The van der Waals surface area contributed by atoms with Crippen LogP contribution in [0.5, 0.6) is 0 Å². The zero-order valence-electron chi connectivity index (χ0n) is 16.5. The fraction of sp³-hybridized carbons (Fsp3) is 0.250. The largest absolute Gasteiger partial charge is 0.471 e. The maximum absolute atomic E-state index is 13.0. The van der Waals surface area contributed by atoms with Gasteiger partial charge in [-0.1, -0.05) is 48.2 Å². The second-order valence-corrected chi connectivity index (χ2v) is 12.8. The summed E-state index contributed by atoms with van der Waals surface area (Å²) in [7, 11) is -7.75. The first-order valence-corrected chi connectivity index (χ1v) is 13.1. The molecular weight excluding hydrogens is 487 g/mol. The molecule has 1 N–H and O–H groups in total. The molecule has 32 heavy (non-hydrogen) atoms. The molecule has 1 heterocycles. The number of alkyl halides is 3. The summed E-state index contributed by atoms with van der Waals surface area (Å²) in [5, 5.41) is 1.79. The van der Waals surface area contributed by atoms with E-state index in [0.717, 1.165) is 11.8 Å². The summed E-state index contributed by atoms with van der Waals surface area (Å²) in [6.45, 7) is 1.34. The molecule has 3 rings (SSSR count). The molecule has 0 aliphatic carbocycles. The average Bonchev–Trinajstić information content (AvgIpc) is 3.26. The number of halogens is 3. The molecule has 2 atom stereocenters. The minimum atomic E-state index is -5.03. The fourth-order valence-electron chi connectivity index (χ4n) is 2.96. The van der Waals surface area contributed by atoms with Gasteiger partial charge in [0, 0.05) is 0 Å². The molecule has 0 aromatic heterocycles. The third-order valence-corrected chi connectivity index (χ3v) is 11.0. The summed E-state index contributed by atoms with van der Waals surface area (Å²) < 4.78 is 87.5. The lowest BCUT2D eigenvalue weighted by Crippen LogP contribution is -2.38. The second kappa shape index (κ2) is 8.91. The van der Waals surface area contributed by atoms with Crippen LogP contribution in [-0.4, -0.2) is 33.5 Å². The van der Waals surface area contributed by atoms with E-state index >= 15 is 0 Å². The van der Waals surface area contributed by atoms with Crippen LogP contribution in [-0.2, 0) is 24.5 Å². The van der Waals surface area contributed by atoms with Crippen molar-refractivity contribution in [2.75, 3.05) is 0 Å². The van der Waals surface area contributed by atoms with Crippen molar-refractivity contribution in [3.05, 3.63) is 70.5 Å². The Morgan fingerprint density at radius 3 is 2.16 bits per heavy atom. The molecule has 1 amide bonds. The molecule has 0 fully saturated rings. The number of benzene rings is 2. The number of carbonyl (C=O) groups excluding carboxylic acids is 1. The summed E-state index contributed by atoms with van der Waals surface area (Å²) in [4.78, 5) is 11.0. The Balaban J connectivity index is 1.73. The first-order valence-electron chi connectivity index (χ1n) is 9.22. The Labute approximate surface area is 187 Å². The van der Waals surface area contributed by atoms with Crippen molar-refractivity contribution in [1.29, 1.82) is 0 Å². The van der Waals surface area contributed by atoms with Crippen LogP contribution in [0.2, 0.25) is 0 Å². The van der Waals surface area contributed by atoms with Crippen molar-refractivity contribution in [3.63, 3.8) is 0 Å². The zero-order chi connectivity index (χ0) is 23.7. The zero-order valence-corrected chi connectivity index (χ0v) is 19.0. The first-order chi connectivity index (χ1) is 14.8. The average molecular weight is 506 g/mol. The summed E-state index contributed by atoms with van der Waals surface area (Å²) in [6.07, 6.45) is -3.66. The molecule has 1 aliphatic rings. The lowest BCUT2D eigenvalue weighted by atomic mass is 10.1. The van der Waals surface area contributed by atoms with Crippen molar-refractivity contribution in [3.8, 4) is 0 Å². The highest BCUT2D eigenvalue weighted by molar-refractivity contribution is 8.24. The topological polar surface area (TPSA) is 97.4 Å². The predicted octanol–water partition coefficient (Wildman–Crippen LogP) is 3.98. The van der Waals surface area contributed by atoms with E-state index in [4.69, 9.17) is 0 Å². The van der Waals surface area contributed by atoms with Crippen molar-refractivity contribution >= 4 is 37.3 Å². The Kier molecular flexibility index (Phi) is 6.78. The lowest BCUT2D eigenvalue weighted by Gasteiger charge is -2.17. The van der Waals surface area contributed by atoms with Gasteiger partial charge in [0.15, 0.2) is 9.84 Å². The Morgan fingerprint density at radius 1 is 1.00 bits per heavy atom. The van der Waals surface area contributed by atoms with Gasteiger partial charge >= 0.3 is 12.1 Å². The van der Waals surface area contributed by atoms with Crippen LogP contribution in [0.4, 0.5) is 13.2 Å². The van der Waals surface area contributed by atoms with Crippen LogP contribution in [0.25, 0.3) is 0 Å². The molecule has 1 unspecified atom stereocenters. The standard InChI is InChI=1S/C20H18F3NO5S3/c1-13(24-19(25)20(21,22)23)14-7-9-16(10-8-14)32(28,29)18-12-11-17(30-18)31(26,27)15-5-3-2-4-6-15/h2-11,13,18H,12H2,1H3,(H,24,25)/t13-,18?/m0/s1. The van der Waals surface area contributed by atoms with Crippen LogP contribution in [0.3, 0.4) is 0 Å². The first kappa shape index (κ1) is 24.3. The summed E-state index contributed by atoms with van der Waals surface area (Å²) in [5.74, 6) is -2.10. The normalized spacial score (nSPS) is 18.1. The van der Waals surface area contributed by atoms with Gasteiger partial charge in [0.2, 0.25) is 9.84 Å². The maximum atomic E-state index is 13.0.